The van der Waals surface area contributed by atoms with Crippen LogP contribution in [-0.4, -0.2) is 27.9 Å². The Morgan fingerprint density at radius 2 is 1.97 bits per heavy atom. The van der Waals surface area contributed by atoms with Gasteiger partial charge in [-0.25, -0.2) is 4.98 Å². The quantitative estimate of drug-likeness (QED) is 0.156. The highest BCUT2D eigenvalue weighted by molar-refractivity contribution is 9.10. The van der Waals surface area contributed by atoms with Gasteiger partial charge in [0, 0.05) is 21.3 Å². The summed E-state index contributed by atoms with van der Waals surface area (Å²) < 4.78 is 0.683. The van der Waals surface area contributed by atoms with E-state index in [-0.39, 0.29) is 29.5 Å². The van der Waals surface area contributed by atoms with Gasteiger partial charge < -0.3 is 21.5 Å². The second kappa shape index (κ2) is 11.5. The van der Waals surface area contributed by atoms with E-state index in [1.807, 2.05) is 0 Å². The second-order valence-electron chi connectivity index (χ2n) is 8.09. The van der Waals surface area contributed by atoms with E-state index in [1.54, 1.807) is 60.0 Å². The molecule has 0 aliphatic rings. The zero-order chi connectivity index (χ0) is 25.9. The Bertz CT molecular complexity index is 1500. The van der Waals surface area contributed by atoms with E-state index in [2.05, 4.69) is 37.6 Å². The Hall–Kier alpha value is -3.75. The molecule has 5 N–H and O–H groups in total. The van der Waals surface area contributed by atoms with Crippen LogP contribution >= 0.6 is 39.7 Å². The molecular weight excluding hydrogens is 578 g/mol. The topological polar surface area (TPSA) is 141 Å². The van der Waals surface area contributed by atoms with E-state index in [9.17, 15) is 20.0 Å². The van der Waals surface area contributed by atoms with Gasteiger partial charge in [0.25, 0.3) is 5.91 Å². The number of aldehydes is 1. The van der Waals surface area contributed by atoms with Gasteiger partial charge in [-0.15, -0.1) is 23.7 Å². The largest absolute Gasteiger partial charge is 0.507 e. The molecule has 0 aliphatic heterocycles. The second-order valence-corrected chi connectivity index (χ2v) is 9.95. The number of nitrogens with two attached hydrogens (primary N) is 1. The van der Waals surface area contributed by atoms with E-state index in [1.165, 1.54) is 24.3 Å². The fourth-order valence-electron chi connectivity index (χ4n) is 3.52. The van der Waals surface area contributed by atoms with Crippen LogP contribution in [0.3, 0.4) is 0 Å². The fourth-order valence-corrected chi connectivity index (χ4v) is 4.49. The molecule has 37 heavy (non-hydrogen) atoms. The number of benzene rings is 2. The lowest BCUT2D eigenvalue weighted by Gasteiger charge is -2.21. The number of nitriles is 1. The monoisotopic (exact) mass is 597 g/mol. The maximum Gasteiger partial charge on any atom is 0.266 e. The number of anilines is 2. The molecule has 0 bridgehead atoms. The summed E-state index contributed by atoms with van der Waals surface area (Å²) in [7, 11) is 0. The Kier molecular flexibility index (Phi) is 8.68. The Morgan fingerprint density at radius 3 is 2.62 bits per heavy atom. The molecule has 2 aromatic heterocycles. The standard InChI is InChI=1S/C26H20BrN5O3S.ClH/c1-26(29,14-33)32-17-5-2-4-15(10-17)19-12-21(18-8-7-16(27)11-22(18)34)30-24(20(19)13-28)31-25(35)23-6-3-9-36-23;/h2-12,14,32,34H,29H2,1H3,(H,30,31,35);1H/t26-;/m0./s1. The van der Waals surface area contributed by atoms with Crippen molar-refractivity contribution >= 4 is 63.4 Å². The van der Waals surface area contributed by atoms with Gasteiger partial charge in [0.1, 0.15) is 23.0 Å². The maximum atomic E-state index is 12.8. The number of nitrogens with zero attached hydrogens (tertiary/aromatic N) is 2. The molecule has 1 amide bonds. The first-order chi connectivity index (χ1) is 17.2. The minimum atomic E-state index is -1.29. The molecule has 1 atom stereocenters. The van der Waals surface area contributed by atoms with Crippen LogP contribution in [0.25, 0.3) is 22.4 Å². The Morgan fingerprint density at radius 1 is 1.19 bits per heavy atom. The van der Waals surface area contributed by atoms with Gasteiger partial charge in [0.2, 0.25) is 0 Å². The van der Waals surface area contributed by atoms with Gasteiger partial charge in [0.15, 0.2) is 12.1 Å². The van der Waals surface area contributed by atoms with Gasteiger partial charge >= 0.3 is 0 Å². The molecule has 4 rings (SSSR count). The molecule has 0 radical (unpaired) electrons. The smallest absolute Gasteiger partial charge is 0.266 e. The molecule has 0 unspecified atom stereocenters. The molecule has 2 aromatic carbocycles. The van der Waals surface area contributed by atoms with Crippen LogP contribution in [0, 0.1) is 11.3 Å². The van der Waals surface area contributed by atoms with Gasteiger partial charge in [0.05, 0.1) is 10.6 Å². The molecule has 188 valence electrons. The summed E-state index contributed by atoms with van der Waals surface area (Å²) in [4.78, 5) is 29.1. The molecule has 8 nitrogen and oxygen atoms in total. The molecule has 4 aromatic rings. The summed E-state index contributed by atoms with van der Waals surface area (Å²) in [6.45, 7) is 1.53. The summed E-state index contributed by atoms with van der Waals surface area (Å²) in [6.07, 6.45) is 0.597. The summed E-state index contributed by atoms with van der Waals surface area (Å²) in [6, 6.07) is 19.2. The van der Waals surface area contributed by atoms with E-state index in [0.717, 1.165) is 0 Å². The van der Waals surface area contributed by atoms with Crippen LogP contribution in [0.5, 0.6) is 5.75 Å². The summed E-state index contributed by atoms with van der Waals surface area (Å²) >= 11 is 4.59. The van der Waals surface area contributed by atoms with Crippen molar-refractivity contribution in [2.24, 2.45) is 5.73 Å². The van der Waals surface area contributed by atoms with Crippen molar-refractivity contribution in [3.8, 4) is 34.2 Å². The van der Waals surface area contributed by atoms with Crippen LogP contribution in [0.15, 0.2) is 70.5 Å². The highest BCUT2D eigenvalue weighted by atomic mass is 79.9. The van der Waals surface area contributed by atoms with Gasteiger partial charge in [-0.1, -0.05) is 34.1 Å². The zero-order valence-electron chi connectivity index (χ0n) is 19.4. The average molecular weight is 599 g/mol. The number of hydrogen-bond acceptors (Lipinski definition) is 8. The lowest BCUT2D eigenvalue weighted by Crippen LogP contribution is -2.46. The first kappa shape index (κ1) is 27.8. The van der Waals surface area contributed by atoms with Crippen molar-refractivity contribution in [3.05, 3.63) is 81.0 Å². The van der Waals surface area contributed by atoms with E-state index < -0.39 is 11.6 Å². The number of phenols is 1. The highest BCUT2D eigenvalue weighted by Gasteiger charge is 2.21. The molecule has 0 spiro atoms. The Balaban J connectivity index is 0.00000380. The van der Waals surface area contributed by atoms with E-state index >= 15 is 0 Å². The average Bonchev–Trinajstić information content (AvgIpc) is 3.39. The predicted molar refractivity (Wildman–Crippen MR) is 151 cm³/mol. The molecule has 0 saturated heterocycles. The SMILES string of the molecule is C[C@@](N)(C=O)Nc1cccc(-c2cc(-c3ccc(Br)cc3O)nc(NC(=O)c3cccs3)c2C#N)c1.Cl. The Labute approximate surface area is 231 Å². The van der Waals surface area contributed by atoms with Crippen molar-refractivity contribution in [1.82, 2.24) is 4.98 Å². The third-order valence-electron chi connectivity index (χ3n) is 5.18. The third-order valence-corrected chi connectivity index (χ3v) is 6.54. The number of pyridine rings is 1. The van der Waals surface area contributed by atoms with Crippen LogP contribution < -0.4 is 16.4 Å². The molecule has 0 aliphatic carbocycles. The minimum absolute atomic E-state index is 0. The third kappa shape index (κ3) is 6.34. The zero-order valence-corrected chi connectivity index (χ0v) is 22.6. The van der Waals surface area contributed by atoms with Crippen molar-refractivity contribution in [3.63, 3.8) is 0 Å². The number of thiophene rings is 1. The maximum absolute atomic E-state index is 12.8. The van der Waals surface area contributed by atoms with E-state index in [0.29, 0.717) is 43.7 Å². The number of amides is 1. The molecule has 11 heteroatoms. The number of rotatable bonds is 7. The number of nitrogens with one attached hydrogen (secondary N) is 2. The first-order valence-electron chi connectivity index (χ1n) is 10.6. The molecule has 2 heterocycles. The van der Waals surface area contributed by atoms with Crippen molar-refractivity contribution in [2.45, 2.75) is 12.6 Å². The normalized spacial score (nSPS) is 11.9. The van der Waals surface area contributed by atoms with Crippen molar-refractivity contribution in [1.29, 1.82) is 5.26 Å². The van der Waals surface area contributed by atoms with Crippen LogP contribution in [-0.2, 0) is 4.79 Å². The van der Waals surface area contributed by atoms with Gasteiger partial charge in [-0.05, 0) is 60.3 Å². The summed E-state index contributed by atoms with van der Waals surface area (Å²) in [5, 5.41) is 28.1. The van der Waals surface area contributed by atoms with Gasteiger partial charge in [-0.3, -0.25) is 9.59 Å². The number of hydrogen-bond donors (Lipinski definition) is 4. The predicted octanol–water partition coefficient (Wildman–Crippen LogP) is 5.78. The number of aromatic nitrogens is 1. The molecule has 0 fully saturated rings. The highest BCUT2D eigenvalue weighted by Crippen LogP contribution is 2.37. The number of aromatic hydroxyl groups is 1. The lowest BCUT2D eigenvalue weighted by atomic mass is 9.97. The summed E-state index contributed by atoms with van der Waals surface area (Å²) in [5.41, 5.74) is 7.20. The molecular formula is C26H21BrClN5O3S. The fraction of sp³-hybridized carbons (Fsp3) is 0.0769. The van der Waals surface area contributed by atoms with Crippen LogP contribution in [0.1, 0.15) is 22.2 Å². The van der Waals surface area contributed by atoms with E-state index in [4.69, 9.17) is 5.73 Å². The number of carbonyl (C=O) groups excluding carboxylic acids is 2. The van der Waals surface area contributed by atoms with Gasteiger partial charge in [-0.2, -0.15) is 5.26 Å². The number of phenolic OH excluding ortho intramolecular Hbond substituents is 1. The first-order valence-corrected chi connectivity index (χ1v) is 12.3. The van der Waals surface area contributed by atoms with Crippen molar-refractivity contribution in [2.75, 3.05) is 10.6 Å². The van der Waals surface area contributed by atoms with Crippen LogP contribution in [0.4, 0.5) is 11.5 Å². The summed E-state index contributed by atoms with van der Waals surface area (Å²) in [5.74, 6) is -0.374. The molecule has 0 saturated carbocycles. The number of carbonyl (C=O) groups is 2. The lowest BCUT2D eigenvalue weighted by molar-refractivity contribution is -0.110. The minimum Gasteiger partial charge on any atom is -0.507 e. The number of halogens is 2. The van der Waals surface area contributed by atoms with Crippen molar-refractivity contribution < 1.29 is 14.7 Å². The van der Waals surface area contributed by atoms with Crippen LogP contribution in [0.2, 0.25) is 0 Å².